The molecule has 1 heteroatoms. The van der Waals surface area contributed by atoms with Crippen LogP contribution in [0.4, 0.5) is 0 Å². The van der Waals surface area contributed by atoms with Crippen molar-refractivity contribution in [3.63, 3.8) is 0 Å². The summed E-state index contributed by atoms with van der Waals surface area (Å²) >= 11 is 0. The smallest absolute Gasteiger partial charge is 0.0102 e. The first-order chi connectivity index (χ1) is 5.54. The molecular formula is C11H21N. The van der Waals surface area contributed by atoms with Crippen LogP contribution in [0, 0.1) is 5.41 Å². The predicted molar refractivity (Wildman–Crippen MR) is 54.2 cm³/mol. The molecular weight excluding hydrogens is 146 g/mol. The first-order valence-electron chi connectivity index (χ1n) is 4.91. The van der Waals surface area contributed by atoms with E-state index in [-0.39, 0.29) is 0 Å². The highest BCUT2D eigenvalue weighted by atomic mass is 14.9. The van der Waals surface area contributed by atoms with Crippen molar-refractivity contribution in [1.82, 2.24) is 5.32 Å². The highest BCUT2D eigenvalue weighted by Crippen LogP contribution is 2.32. The summed E-state index contributed by atoms with van der Waals surface area (Å²) < 4.78 is 0. The molecule has 0 aromatic carbocycles. The van der Waals surface area contributed by atoms with E-state index in [4.69, 9.17) is 0 Å². The van der Waals surface area contributed by atoms with E-state index in [1.807, 2.05) is 0 Å². The summed E-state index contributed by atoms with van der Waals surface area (Å²) in [6.07, 6.45) is 6.21. The molecule has 0 bridgehead atoms. The maximum atomic E-state index is 3.33. The summed E-state index contributed by atoms with van der Waals surface area (Å²) in [6.45, 7) is 6.91. The van der Waals surface area contributed by atoms with Gasteiger partial charge in [-0.05, 0) is 31.7 Å². The Morgan fingerprint density at radius 3 is 2.42 bits per heavy atom. The standard InChI is InChI=1S/C11H21N/c1-11(2,3)9-5-7-10(12-4)8-6-9/h5,10,12H,6-8H2,1-4H3/t10-/m1/s1. The molecule has 1 aliphatic rings. The molecule has 0 unspecified atom stereocenters. The fraction of sp³-hybridized carbons (Fsp3) is 0.818. The van der Waals surface area contributed by atoms with E-state index in [1.54, 1.807) is 5.57 Å². The predicted octanol–water partition coefficient (Wildman–Crippen LogP) is 2.73. The van der Waals surface area contributed by atoms with Crippen LogP contribution >= 0.6 is 0 Å². The molecule has 0 aliphatic heterocycles. The number of hydrogen-bond acceptors (Lipinski definition) is 1. The van der Waals surface area contributed by atoms with Crippen LogP contribution in [0.25, 0.3) is 0 Å². The second-order valence-corrected chi connectivity index (χ2v) is 4.74. The summed E-state index contributed by atoms with van der Waals surface area (Å²) in [6, 6.07) is 0.719. The van der Waals surface area contributed by atoms with Gasteiger partial charge in [-0.2, -0.15) is 0 Å². The van der Waals surface area contributed by atoms with Gasteiger partial charge in [-0.1, -0.05) is 32.4 Å². The normalized spacial score (nSPS) is 25.3. The largest absolute Gasteiger partial charge is 0.317 e. The summed E-state index contributed by atoms with van der Waals surface area (Å²) in [5.74, 6) is 0. The van der Waals surface area contributed by atoms with Crippen molar-refractivity contribution in [2.24, 2.45) is 5.41 Å². The van der Waals surface area contributed by atoms with Gasteiger partial charge in [0, 0.05) is 6.04 Å². The fourth-order valence-corrected chi connectivity index (χ4v) is 1.78. The van der Waals surface area contributed by atoms with Crippen LogP contribution in [-0.4, -0.2) is 13.1 Å². The fourth-order valence-electron chi connectivity index (χ4n) is 1.78. The SMILES string of the molecule is CN[C@@H]1CC=C(C(C)(C)C)CC1. The van der Waals surface area contributed by atoms with E-state index < -0.39 is 0 Å². The maximum absolute atomic E-state index is 3.33. The Labute approximate surface area is 76.2 Å². The number of allylic oxidation sites excluding steroid dienone is 1. The van der Waals surface area contributed by atoms with Crippen LogP contribution in [0.15, 0.2) is 11.6 Å². The molecule has 0 amide bonds. The zero-order valence-corrected chi connectivity index (χ0v) is 8.78. The van der Waals surface area contributed by atoms with E-state index in [1.165, 1.54) is 19.3 Å². The van der Waals surface area contributed by atoms with Crippen molar-refractivity contribution < 1.29 is 0 Å². The highest BCUT2D eigenvalue weighted by Gasteiger charge is 2.21. The lowest BCUT2D eigenvalue weighted by atomic mass is 9.79. The Balaban J connectivity index is 2.56. The molecule has 0 aromatic heterocycles. The van der Waals surface area contributed by atoms with Crippen molar-refractivity contribution in [2.75, 3.05) is 7.05 Å². The van der Waals surface area contributed by atoms with Gasteiger partial charge in [0.15, 0.2) is 0 Å². The van der Waals surface area contributed by atoms with Crippen LogP contribution in [0.2, 0.25) is 0 Å². The van der Waals surface area contributed by atoms with Gasteiger partial charge in [-0.3, -0.25) is 0 Å². The summed E-state index contributed by atoms with van der Waals surface area (Å²) in [5.41, 5.74) is 2.02. The lowest BCUT2D eigenvalue weighted by Crippen LogP contribution is -2.28. The molecule has 1 nitrogen and oxygen atoms in total. The van der Waals surface area contributed by atoms with E-state index >= 15 is 0 Å². The average Bonchev–Trinajstić information content (AvgIpc) is 2.03. The molecule has 0 saturated heterocycles. The molecule has 0 aromatic rings. The van der Waals surface area contributed by atoms with Gasteiger partial charge in [-0.15, -0.1) is 0 Å². The molecule has 1 N–H and O–H groups in total. The van der Waals surface area contributed by atoms with Crippen LogP contribution in [0.1, 0.15) is 40.0 Å². The highest BCUT2D eigenvalue weighted by molar-refractivity contribution is 5.14. The second-order valence-electron chi connectivity index (χ2n) is 4.74. The van der Waals surface area contributed by atoms with Gasteiger partial charge < -0.3 is 5.32 Å². The van der Waals surface area contributed by atoms with Gasteiger partial charge in [0.2, 0.25) is 0 Å². The topological polar surface area (TPSA) is 12.0 Å². The van der Waals surface area contributed by atoms with Crippen LogP contribution in [-0.2, 0) is 0 Å². The zero-order chi connectivity index (χ0) is 9.19. The van der Waals surface area contributed by atoms with Crippen LogP contribution < -0.4 is 5.32 Å². The Morgan fingerprint density at radius 2 is 2.08 bits per heavy atom. The van der Waals surface area contributed by atoms with Crippen molar-refractivity contribution in [2.45, 2.75) is 46.1 Å². The number of rotatable bonds is 1. The summed E-state index contributed by atoms with van der Waals surface area (Å²) in [4.78, 5) is 0. The van der Waals surface area contributed by atoms with E-state index in [0.717, 1.165) is 6.04 Å². The maximum Gasteiger partial charge on any atom is 0.0102 e. The third kappa shape index (κ3) is 2.34. The quantitative estimate of drug-likeness (QED) is 0.592. The minimum atomic E-state index is 0.388. The Morgan fingerprint density at radius 1 is 1.42 bits per heavy atom. The van der Waals surface area contributed by atoms with E-state index in [9.17, 15) is 0 Å². The summed E-state index contributed by atoms with van der Waals surface area (Å²) in [5, 5.41) is 3.33. The van der Waals surface area contributed by atoms with Gasteiger partial charge in [0.05, 0.1) is 0 Å². The summed E-state index contributed by atoms with van der Waals surface area (Å²) in [7, 11) is 2.06. The molecule has 0 radical (unpaired) electrons. The van der Waals surface area contributed by atoms with Gasteiger partial charge in [-0.25, -0.2) is 0 Å². The van der Waals surface area contributed by atoms with Crippen molar-refractivity contribution >= 4 is 0 Å². The van der Waals surface area contributed by atoms with E-state index in [2.05, 4.69) is 39.2 Å². The van der Waals surface area contributed by atoms with Gasteiger partial charge in [0.1, 0.15) is 0 Å². The van der Waals surface area contributed by atoms with Crippen LogP contribution in [0.3, 0.4) is 0 Å². The first-order valence-corrected chi connectivity index (χ1v) is 4.91. The van der Waals surface area contributed by atoms with Crippen molar-refractivity contribution in [3.8, 4) is 0 Å². The Kier molecular flexibility index (Phi) is 2.94. The molecule has 70 valence electrons. The first kappa shape index (κ1) is 9.79. The molecule has 0 saturated carbocycles. The Bertz CT molecular complexity index is 174. The average molecular weight is 167 g/mol. The Hall–Kier alpha value is -0.300. The van der Waals surface area contributed by atoms with Crippen molar-refractivity contribution in [3.05, 3.63) is 11.6 Å². The molecule has 12 heavy (non-hydrogen) atoms. The third-order valence-electron chi connectivity index (χ3n) is 2.78. The lowest BCUT2D eigenvalue weighted by molar-refractivity contribution is 0.424. The van der Waals surface area contributed by atoms with Crippen LogP contribution in [0.5, 0.6) is 0 Å². The zero-order valence-electron chi connectivity index (χ0n) is 8.78. The van der Waals surface area contributed by atoms with Gasteiger partial charge >= 0.3 is 0 Å². The van der Waals surface area contributed by atoms with Gasteiger partial charge in [0.25, 0.3) is 0 Å². The molecule has 1 rings (SSSR count). The number of hydrogen-bond donors (Lipinski definition) is 1. The number of nitrogens with one attached hydrogen (secondary N) is 1. The van der Waals surface area contributed by atoms with E-state index in [0.29, 0.717) is 5.41 Å². The molecule has 1 atom stereocenters. The molecule has 0 heterocycles. The molecule has 1 aliphatic carbocycles. The minimum absolute atomic E-state index is 0.388. The molecule has 0 spiro atoms. The third-order valence-corrected chi connectivity index (χ3v) is 2.78. The van der Waals surface area contributed by atoms with Crippen molar-refractivity contribution in [1.29, 1.82) is 0 Å². The lowest BCUT2D eigenvalue weighted by Gasteiger charge is -2.29. The second kappa shape index (κ2) is 3.61. The monoisotopic (exact) mass is 167 g/mol. The minimum Gasteiger partial charge on any atom is -0.317 e. The molecule has 0 fully saturated rings.